The summed E-state index contributed by atoms with van der Waals surface area (Å²) in [6, 6.07) is 2.55. The Kier molecular flexibility index (Phi) is 5.58. The number of nitro groups is 1. The smallest absolute Gasteiger partial charge is 0.286 e. The monoisotopic (exact) mass is 348 g/mol. The van der Waals surface area contributed by atoms with Crippen molar-refractivity contribution >= 4 is 11.6 Å². The molecule has 9 nitrogen and oxygen atoms in total. The SMILES string of the molecule is CCOc1cc([N+](=O)[O-])c(C(=O)N(C)Cc2cnn(C)c2)cc1OC. The van der Waals surface area contributed by atoms with Gasteiger partial charge in [-0.15, -0.1) is 0 Å². The molecule has 9 heteroatoms. The Bertz CT molecular complexity index is 787. The maximum Gasteiger partial charge on any atom is 0.286 e. The number of hydrogen-bond donors (Lipinski definition) is 0. The summed E-state index contributed by atoms with van der Waals surface area (Å²) in [4.78, 5) is 24.9. The maximum absolute atomic E-state index is 12.7. The van der Waals surface area contributed by atoms with E-state index >= 15 is 0 Å². The number of ether oxygens (including phenoxy) is 2. The number of carbonyl (C=O) groups excluding carboxylic acids is 1. The van der Waals surface area contributed by atoms with Gasteiger partial charge in [0.25, 0.3) is 11.6 Å². The standard InChI is InChI=1S/C16H20N4O5/c1-5-25-15-7-13(20(22)23)12(6-14(15)24-4)16(21)18(2)9-11-8-17-19(3)10-11/h6-8,10H,5,9H2,1-4H3. The third-order valence-corrected chi connectivity index (χ3v) is 3.53. The van der Waals surface area contributed by atoms with Crippen LogP contribution in [0.2, 0.25) is 0 Å². The summed E-state index contributed by atoms with van der Waals surface area (Å²) in [5.41, 5.74) is 0.433. The highest BCUT2D eigenvalue weighted by atomic mass is 16.6. The molecule has 0 spiro atoms. The number of hydrogen-bond acceptors (Lipinski definition) is 6. The molecule has 1 amide bonds. The molecule has 0 unspecified atom stereocenters. The van der Waals surface area contributed by atoms with Gasteiger partial charge in [0.1, 0.15) is 5.56 Å². The van der Waals surface area contributed by atoms with Gasteiger partial charge in [0.15, 0.2) is 11.5 Å². The molecule has 2 rings (SSSR count). The Hall–Kier alpha value is -3.10. The van der Waals surface area contributed by atoms with E-state index in [-0.39, 0.29) is 29.3 Å². The highest BCUT2D eigenvalue weighted by molar-refractivity contribution is 5.98. The highest BCUT2D eigenvalue weighted by Gasteiger charge is 2.27. The number of carbonyl (C=O) groups is 1. The van der Waals surface area contributed by atoms with Crippen LogP contribution >= 0.6 is 0 Å². The van der Waals surface area contributed by atoms with Crippen LogP contribution in [0.5, 0.6) is 11.5 Å². The molecule has 0 saturated carbocycles. The summed E-state index contributed by atoms with van der Waals surface area (Å²) in [6.45, 7) is 2.35. The van der Waals surface area contributed by atoms with Gasteiger partial charge < -0.3 is 14.4 Å². The van der Waals surface area contributed by atoms with Gasteiger partial charge in [0, 0.05) is 38.5 Å². The highest BCUT2D eigenvalue weighted by Crippen LogP contribution is 2.35. The largest absolute Gasteiger partial charge is 0.493 e. The molecule has 0 bridgehead atoms. The van der Waals surface area contributed by atoms with Crippen LogP contribution in [0.3, 0.4) is 0 Å². The fourth-order valence-corrected chi connectivity index (χ4v) is 2.40. The predicted molar refractivity (Wildman–Crippen MR) is 89.8 cm³/mol. The molecule has 0 saturated heterocycles. The van der Waals surface area contributed by atoms with Crippen LogP contribution in [0, 0.1) is 10.1 Å². The van der Waals surface area contributed by atoms with Gasteiger partial charge in [-0.3, -0.25) is 19.6 Å². The van der Waals surface area contributed by atoms with E-state index in [0.717, 1.165) is 5.56 Å². The molecule has 0 fully saturated rings. The van der Waals surface area contributed by atoms with Crippen molar-refractivity contribution in [1.82, 2.24) is 14.7 Å². The molecule has 134 valence electrons. The second-order valence-corrected chi connectivity index (χ2v) is 5.39. The van der Waals surface area contributed by atoms with Crippen LogP contribution in [0.4, 0.5) is 5.69 Å². The van der Waals surface area contributed by atoms with E-state index in [4.69, 9.17) is 9.47 Å². The molecule has 0 aliphatic carbocycles. The van der Waals surface area contributed by atoms with Gasteiger partial charge in [0.2, 0.25) is 0 Å². The zero-order valence-electron chi connectivity index (χ0n) is 14.6. The average molecular weight is 348 g/mol. The number of nitrogens with zero attached hydrogens (tertiary/aromatic N) is 4. The van der Waals surface area contributed by atoms with E-state index in [1.165, 1.54) is 24.1 Å². The summed E-state index contributed by atoms with van der Waals surface area (Å²) in [5, 5.41) is 15.4. The Morgan fingerprint density at radius 1 is 1.40 bits per heavy atom. The molecule has 1 aromatic heterocycles. The van der Waals surface area contributed by atoms with Gasteiger partial charge in [-0.05, 0) is 6.92 Å². The molecule has 0 aliphatic heterocycles. The van der Waals surface area contributed by atoms with Gasteiger partial charge in [0.05, 0.1) is 30.9 Å². The Morgan fingerprint density at radius 2 is 2.12 bits per heavy atom. The van der Waals surface area contributed by atoms with Crippen molar-refractivity contribution in [3.63, 3.8) is 0 Å². The minimum absolute atomic E-state index is 0.0586. The first-order valence-electron chi connectivity index (χ1n) is 7.59. The van der Waals surface area contributed by atoms with Crippen LogP contribution in [0.15, 0.2) is 24.5 Å². The molecular weight excluding hydrogens is 328 g/mol. The first-order valence-corrected chi connectivity index (χ1v) is 7.59. The molecule has 0 atom stereocenters. The van der Waals surface area contributed by atoms with Crippen LogP contribution < -0.4 is 9.47 Å². The fraction of sp³-hybridized carbons (Fsp3) is 0.375. The number of amides is 1. The number of methoxy groups -OCH3 is 1. The summed E-state index contributed by atoms with van der Waals surface area (Å²) >= 11 is 0. The third-order valence-electron chi connectivity index (χ3n) is 3.53. The topological polar surface area (TPSA) is 99.7 Å². The Balaban J connectivity index is 2.37. The molecule has 0 radical (unpaired) electrons. The number of aryl methyl sites for hydroxylation is 1. The van der Waals surface area contributed by atoms with Crippen molar-refractivity contribution in [2.45, 2.75) is 13.5 Å². The van der Waals surface area contributed by atoms with Crippen molar-refractivity contribution in [3.05, 3.63) is 45.8 Å². The maximum atomic E-state index is 12.7. The van der Waals surface area contributed by atoms with Crippen LogP contribution in [-0.4, -0.2) is 46.3 Å². The molecule has 2 aromatic rings. The second-order valence-electron chi connectivity index (χ2n) is 5.39. The van der Waals surface area contributed by atoms with Crippen LogP contribution in [-0.2, 0) is 13.6 Å². The molecule has 0 N–H and O–H groups in total. The van der Waals surface area contributed by atoms with Gasteiger partial charge >= 0.3 is 0 Å². The lowest BCUT2D eigenvalue weighted by Crippen LogP contribution is -2.26. The van der Waals surface area contributed by atoms with E-state index in [0.29, 0.717) is 6.61 Å². The van der Waals surface area contributed by atoms with E-state index in [1.54, 1.807) is 38.1 Å². The quantitative estimate of drug-likeness (QED) is 0.560. The van der Waals surface area contributed by atoms with Crippen molar-refractivity contribution < 1.29 is 19.2 Å². The minimum atomic E-state index is -0.604. The van der Waals surface area contributed by atoms with Crippen molar-refractivity contribution in [1.29, 1.82) is 0 Å². The summed E-state index contributed by atoms with van der Waals surface area (Å²) in [7, 11) is 4.76. The first kappa shape index (κ1) is 18.2. The predicted octanol–water partition coefficient (Wildman–Crippen LogP) is 2.01. The Morgan fingerprint density at radius 3 is 2.64 bits per heavy atom. The van der Waals surface area contributed by atoms with Crippen molar-refractivity contribution in [2.75, 3.05) is 20.8 Å². The lowest BCUT2D eigenvalue weighted by molar-refractivity contribution is -0.385. The lowest BCUT2D eigenvalue weighted by Gasteiger charge is -2.17. The summed E-state index contributed by atoms with van der Waals surface area (Å²) in [6.07, 6.45) is 3.41. The third kappa shape index (κ3) is 4.06. The van der Waals surface area contributed by atoms with E-state index < -0.39 is 10.8 Å². The fourth-order valence-electron chi connectivity index (χ4n) is 2.40. The van der Waals surface area contributed by atoms with Crippen LogP contribution in [0.25, 0.3) is 0 Å². The first-order chi connectivity index (χ1) is 11.9. The lowest BCUT2D eigenvalue weighted by atomic mass is 10.1. The zero-order chi connectivity index (χ0) is 18.6. The normalized spacial score (nSPS) is 10.4. The average Bonchev–Trinajstić information content (AvgIpc) is 2.98. The molecule has 1 aromatic carbocycles. The summed E-state index contributed by atoms with van der Waals surface area (Å²) in [5.74, 6) is 0.00522. The molecule has 1 heterocycles. The van der Waals surface area contributed by atoms with Crippen molar-refractivity contribution in [2.24, 2.45) is 7.05 Å². The van der Waals surface area contributed by atoms with E-state index in [9.17, 15) is 14.9 Å². The molecule has 0 aliphatic rings. The number of aromatic nitrogens is 2. The number of benzene rings is 1. The van der Waals surface area contributed by atoms with E-state index in [2.05, 4.69) is 5.10 Å². The molecule has 25 heavy (non-hydrogen) atoms. The Labute approximate surface area is 144 Å². The number of nitro benzene ring substituents is 1. The summed E-state index contributed by atoms with van der Waals surface area (Å²) < 4.78 is 12.2. The minimum Gasteiger partial charge on any atom is -0.493 e. The van der Waals surface area contributed by atoms with Gasteiger partial charge in [-0.1, -0.05) is 0 Å². The van der Waals surface area contributed by atoms with Crippen LogP contribution in [0.1, 0.15) is 22.8 Å². The van der Waals surface area contributed by atoms with Gasteiger partial charge in [-0.2, -0.15) is 5.10 Å². The molecular formula is C16H20N4O5. The van der Waals surface area contributed by atoms with E-state index in [1.807, 2.05) is 0 Å². The van der Waals surface area contributed by atoms with Crippen molar-refractivity contribution in [3.8, 4) is 11.5 Å². The zero-order valence-corrected chi connectivity index (χ0v) is 14.6. The second kappa shape index (κ2) is 7.65. The number of rotatable bonds is 7. The van der Waals surface area contributed by atoms with Gasteiger partial charge in [-0.25, -0.2) is 0 Å².